The van der Waals surface area contributed by atoms with Crippen molar-refractivity contribution >= 4 is 13.5 Å². The zero-order valence-electron chi connectivity index (χ0n) is 7.79. The van der Waals surface area contributed by atoms with Gasteiger partial charge in [-0.15, -0.1) is 0 Å². The monoisotopic (exact) mass is 235 g/mol. The fourth-order valence-corrected chi connectivity index (χ4v) is 1.17. The second-order valence-electron chi connectivity index (χ2n) is 2.39. The van der Waals surface area contributed by atoms with Crippen molar-refractivity contribution in [2.45, 2.75) is 6.42 Å². The van der Waals surface area contributed by atoms with Gasteiger partial charge in [-0.1, -0.05) is 0 Å². The zero-order valence-corrected chi connectivity index (χ0v) is 10.7. The van der Waals surface area contributed by atoms with Crippen LogP contribution in [0.4, 0.5) is 0 Å². The maximum absolute atomic E-state index is 10.5. The molecule has 7 nitrogen and oxygen atoms in total. The van der Waals surface area contributed by atoms with E-state index in [1.54, 1.807) is 0 Å². The van der Waals surface area contributed by atoms with E-state index in [-0.39, 0.29) is 47.6 Å². The summed E-state index contributed by atoms with van der Waals surface area (Å²) in [7, 11) is -4.32. The fraction of sp³-hybridized carbons (Fsp3) is 0.800. The molecule has 0 spiro atoms. The third kappa shape index (κ3) is 9.11. The third-order valence-electron chi connectivity index (χ3n) is 1.23. The summed E-state index contributed by atoms with van der Waals surface area (Å²) in [5, 5.41) is 17.2. The van der Waals surface area contributed by atoms with Crippen LogP contribution < -0.4 is 34.5 Å². The Bertz CT molecular complexity index is 218. The molecule has 0 aromatic rings. The number of hydrogen-bond acceptors (Lipinski definition) is 5. The van der Waals surface area contributed by atoms with Crippen molar-refractivity contribution in [2.75, 3.05) is 19.3 Å². The Morgan fingerprint density at radius 1 is 1.50 bits per heavy atom. The molecule has 9 heteroatoms. The van der Waals surface area contributed by atoms with Crippen LogP contribution in [0.15, 0.2) is 0 Å². The van der Waals surface area contributed by atoms with Crippen LogP contribution in [0.5, 0.6) is 0 Å². The maximum atomic E-state index is 10.5. The number of amides is 1. The van der Waals surface area contributed by atoms with Crippen molar-refractivity contribution < 1.29 is 59.0 Å². The molecule has 0 aliphatic rings. The minimum atomic E-state index is -4.32. The van der Waals surface area contributed by atoms with Gasteiger partial charge in [-0.3, -0.25) is 10.0 Å². The van der Waals surface area contributed by atoms with Crippen molar-refractivity contribution in [1.29, 1.82) is 0 Å². The maximum Gasteiger partial charge on any atom is 1.00 e. The average molecular weight is 235 g/mol. The first-order chi connectivity index (χ1) is 5.87. The molecule has 0 radical (unpaired) electrons. The Morgan fingerprint density at radius 2 is 2.00 bits per heavy atom. The quantitative estimate of drug-likeness (QED) is 0.190. The standard InChI is InChI=1S/C5H12NO6P.Na/c7-4-5(8)6(9)2-1-3-13(10,11)12;/h7,9H,1-4H2,(H2,10,11,12);/q;+1/p-1. The zero-order chi connectivity index (χ0) is 10.5. The van der Waals surface area contributed by atoms with Crippen molar-refractivity contribution in [3.05, 3.63) is 0 Å². The Balaban J connectivity index is 0. The number of carbonyl (C=O) groups excluding carboxylic acids is 1. The number of hydrogen-bond donors (Lipinski definition) is 3. The smallest absolute Gasteiger partial charge is 0.779 e. The van der Waals surface area contributed by atoms with Crippen LogP contribution in [0.2, 0.25) is 0 Å². The molecular weight excluding hydrogens is 224 g/mol. The summed E-state index contributed by atoms with van der Waals surface area (Å²) in [4.78, 5) is 29.0. The molecule has 0 aliphatic carbocycles. The van der Waals surface area contributed by atoms with E-state index >= 15 is 0 Å². The molecule has 0 aromatic carbocycles. The summed E-state index contributed by atoms with van der Waals surface area (Å²) in [6.07, 6.45) is -0.595. The van der Waals surface area contributed by atoms with Crippen LogP contribution in [0.25, 0.3) is 0 Å². The number of hydroxylamine groups is 2. The van der Waals surface area contributed by atoms with Crippen LogP contribution in [0, 0.1) is 0 Å². The minimum Gasteiger partial charge on any atom is -0.779 e. The molecule has 0 rings (SSSR count). The second-order valence-corrected chi connectivity index (χ2v) is 4.11. The molecule has 0 bridgehead atoms. The van der Waals surface area contributed by atoms with Crippen LogP contribution in [0.3, 0.4) is 0 Å². The number of aliphatic hydroxyl groups excluding tert-OH is 1. The van der Waals surface area contributed by atoms with Crippen LogP contribution in [-0.4, -0.2) is 45.5 Å². The molecule has 1 atom stereocenters. The van der Waals surface area contributed by atoms with Gasteiger partial charge in [-0.25, -0.2) is 5.06 Å². The Labute approximate surface area is 103 Å². The van der Waals surface area contributed by atoms with Gasteiger partial charge in [0.2, 0.25) is 0 Å². The van der Waals surface area contributed by atoms with Crippen LogP contribution in [-0.2, 0) is 9.36 Å². The van der Waals surface area contributed by atoms with Gasteiger partial charge in [0.25, 0.3) is 5.91 Å². The van der Waals surface area contributed by atoms with E-state index in [0.717, 1.165) is 0 Å². The molecule has 0 fully saturated rings. The predicted octanol–water partition coefficient (Wildman–Crippen LogP) is -4.86. The van der Waals surface area contributed by atoms with E-state index in [2.05, 4.69) is 0 Å². The van der Waals surface area contributed by atoms with Gasteiger partial charge in [0, 0.05) is 12.7 Å². The van der Waals surface area contributed by atoms with E-state index in [4.69, 9.17) is 15.2 Å². The molecule has 0 heterocycles. The van der Waals surface area contributed by atoms with E-state index in [1.165, 1.54) is 0 Å². The molecule has 14 heavy (non-hydrogen) atoms. The van der Waals surface area contributed by atoms with E-state index < -0.39 is 26.3 Å². The summed E-state index contributed by atoms with van der Waals surface area (Å²) < 4.78 is 10.2. The number of carbonyl (C=O) groups is 1. The SMILES string of the molecule is O=C(CO)N(O)CCCP(=O)([O-])O.[Na+]. The van der Waals surface area contributed by atoms with E-state index in [1.807, 2.05) is 0 Å². The predicted molar refractivity (Wildman–Crippen MR) is 39.9 cm³/mol. The van der Waals surface area contributed by atoms with Gasteiger partial charge in [0.05, 0.1) is 0 Å². The molecule has 0 aromatic heterocycles. The molecule has 0 aliphatic heterocycles. The molecule has 1 amide bonds. The van der Waals surface area contributed by atoms with Crippen LogP contribution >= 0.6 is 7.60 Å². The average Bonchev–Trinajstić information content (AvgIpc) is 2.00. The molecule has 1 unspecified atom stereocenters. The molecule has 0 saturated heterocycles. The first-order valence-electron chi connectivity index (χ1n) is 3.50. The second kappa shape index (κ2) is 7.78. The van der Waals surface area contributed by atoms with E-state index in [0.29, 0.717) is 0 Å². The van der Waals surface area contributed by atoms with Gasteiger partial charge < -0.3 is 19.5 Å². The number of rotatable bonds is 5. The fourth-order valence-electron chi connectivity index (χ4n) is 0.627. The summed E-state index contributed by atoms with van der Waals surface area (Å²) in [6.45, 7) is -1.09. The Morgan fingerprint density at radius 3 is 2.36 bits per heavy atom. The van der Waals surface area contributed by atoms with E-state index in [9.17, 15) is 14.3 Å². The van der Waals surface area contributed by atoms with Crippen molar-refractivity contribution in [1.82, 2.24) is 5.06 Å². The minimum absolute atomic E-state index is 0. The van der Waals surface area contributed by atoms with Crippen molar-refractivity contribution in [3.63, 3.8) is 0 Å². The summed E-state index contributed by atoms with van der Waals surface area (Å²) in [6, 6.07) is 0. The Kier molecular flexibility index (Phi) is 9.42. The molecule has 78 valence electrons. The largest absolute Gasteiger partial charge is 1.00 e. The van der Waals surface area contributed by atoms with Crippen molar-refractivity contribution in [3.8, 4) is 0 Å². The van der Waals surface area contributed by atoms with Gasteiger partial charge in [0.15, 0.2) is 0 Å². The topological polar surface area (TPSA) is 121 Å². The summed E-state index contributed by atoms with van der Waals surface area (Å²) >= 11 is 0. The first-order valence-corrected chi connectivity index (χ1v) is 5.26. The normalized spacial score (nSPS) is 14.0. The molecular formula is C5H11NNaO6P. The third-order valence-corrected chi connectivity index (χ3v) is 2.12. The van der Waals surface area contributed by atoms with Gasteiger partial charge in [0.1, 0.15) is 14.2 Å². The summed E-state index contributed by atoms with van der Waals surface area (Å²) in [5.41, 5.74) is 0. The van der Waals surface area contributed by atoms with Gasteiger partial charge in [-0.05, 0) is 6.42 Å². The Hall–Kier alpha value is 0.540. The summed E-state index contributed by atoms with van der Waals surface area (Å²) in [5.74, 6) is -0.918. The van der Waals surface area contributed by atoms with Crippen molar-refractivity contribution in [2.24, 2.45) is 0 Å². The molecule has 3 N–H and O–H groups in total. The van der Waals surface area contributed by atoms with Crippen LogP contribution in [0.1, 0.15) is 6.42 Å². The number of nitrogens with zero attached hydrogens (tertiary/aromatic N) is 1. The first kappa shape index (κ1) is 17.0. The molecule has 0 saturated carbocycles. The number of aliphatic hydroxyl groups is 1. The van der Waals surface area contributed by atoms with Gasteiger partial charge >= 0.3 is 29.6 Å². The van der Waals surface area contributed by atoms with Gasteiger partial charge in [-0.2, -0.15) is 0 Å².